The Bertz CT molecular complexity index is 541. The van der Waals surface area contributed by atoms with Gasteiger partial charge < -0.3 is 15.4 Å². The molecule has 3 N–H and O–H groups in total. The van der Waals surface area contributed by atoms with Crippen LogP contribution in [0.1, 0.15) is 32.1 Å². The van der Waals surface area contributed by atoms with Gasteiger partial charge in [-0.05, 0) is 12.8 Å². The number of esters is 1. The zero-order valence-corrected chi connectivity index (χ0v) is 13.3. The number of ether oxygens (including phenoxy) is 1. The van der Waals surface area contributed by atoms with Crippen LogP contribution in [0.4, 0.5) is 4.79 Å². The van der Waals surface area contributed by atoms with Crippen molar-refractivity contribution in [1.82, 2.24) is 16.0 Å². The highest BCUT2D eigenvalue weighted by atomic mass is 32.2. The molecule has 126 valence electrons. The van der Waals surface area contributed by atoms with Gasteiger partial charge in [-0.25, -0.2) is 4.79 Å². The Morgan fingerprint density at radius 2 is 2.04 bits per heavy atom. The Morgan fingerprint density at radius 3 is 2.78 bits per heavy atom. The number of hydrogen-bond acceptors (Lipinski definition) is 6. The molecule has 8 nitrogen and oxygen atoms in total. The quantitative estimate of drug-likeness (QED) is 0.264. The highest BCUT2D eigenvalue weighted by Gasteiger charge is 2.42. The van der Waals surface area contributed by atoms with Gasteiger partial charge in [0.1, 0.15) is 0 Å². The van der Waals surface area contributed by atoms with Crippen molar-refractivity contribution < 1.29 is 23.9 Å². The maximum Gasteiger partial charge on any atom is 0.315 e. The van der Waals surface area contributed by atoms with Crippen LogP contribution in [-0.2, 0) is 19.1 Å². The van der Waals surface area contributed by atoms with Crippen molar-refractivity contribution in [3.05, 3.63) is 0 Å². The van der Waals surface area contributed by atoms with Crippen LogP contribution in [0.15, 0.2) is 0 Å². The Kier molecular flexibility index (Phi) is 4.74. The number of rotatable bonds is 6. The van der Waals surface area contributed by atoms with Crippen LogP contribution in [0.5, 0.6) is 0 Å². The maximum absolute atomic E-state index is 11.7. The van der Waals surface area contributed by atoms with E-state index in [0.717, 1.165) is 18.6 Å². The fraction of sp³-hybridized carbons (Fsp3) is 0.714. The van der Waals surface area contributed by atoms with Gasteiger partial charge in [0.2, 0.25) is 5.91 Å². The summed E-state index contributed by atoms with van der Waals surface area (Å²) in [5, 5.41) is 8.30. The summed E-state index contributed by atoms with van der Waals surface area (Å²) >= 11 is 1.84. The number of carbonyl (C=O) groups excluding carboxylic acids is 4. The molecule has 0 spiro atoms. The lowest BCUT2D eigenvalue weighted by molar-refractivity contribution is -0.154. The molecule has 0 aromatic rings. The molecule has 0 radical (unpaired) electrons. The minimum absolute atomic E-state index is 0.0843. The molecule has 3 aliphatic rings. The minimum Gasteiger partial charge on any atom is -0.452 e. The summed E-state index contributed by atoms with van der Waals surface area (Å²) in [7, 11) is 0. The third kappa shape index (κ3) is 3.77. The van der Waals surface area contributed by atoms with Crippen molar-refractivity contribution in [2.45, 2.75) is 55.5 Å². The topological polar surface area (TPSA) is 114 Å². The lowest BCUT2D eigenvalue weighted by Gasteiger charge is -2.16. The van der Waals surface area contributed by atoms with Gasteiger partial charge in [-0.1, -0.05) is 6.42 Å². The monoisotopic (exact) mass is 341 g/mol. The van der Waals surface area contributed by atoms with Gasteiger partial charge in [-0.3, -0.25) is 19.7 Å². The normalized spacial score (nSPS) is 32.3. The van der Waals surface area contributed by atoms with Crippen molar-refractivity contribution in [2.24, 2.45) is 0 Å². The number of carbonyl (C=O) groups is 4. The van der Waals surface area contributed by atoms with Gasteiger partial charge in [-0.15, -0.1) is 0 Å². The summed E-state index contributed by atoms with van der Waals surface area (Å²) in [5.74, 6) is -0.484. The Balaban J connectivity index is 1.32. The number of amides is 4. The number of hydrogen-bond donors (Lipinski definition) is 3. The summed E-state index contributed by atoms with van der Waals surface area (Å²) in [6.07, 6.45) is 1.61. The van der Waals surface area contributed by atoms with Crippen molar-refractivity contribution in [1.29, 1.82) is 0 Å². The molecule has 4 atom stereocenters. The van der Waals surface area contributed by atoms with Gasteiger partial charge >= 0.3 is 12.0 Å². The Hall–Kier alpha value is -1.77. The molecular formula is C14H19N3O5S. The second kappa shape index (κ2) is 6.77. The van der Waals surface area contributed by atoms with E-state index in [2.05, 4.69) is 16.0 Å². The molecule has 3 aliphatic heterocycles. The van der Waals surface area contributed by atoms with Gasteiger partial charge in [0.15, 0.2) is 6.10 Å². The van der Waals surface area contributed by atoms with Crippen LogP contribution >= 0.6 is 11.8 Å². The predicted molar refractivity (Wildman–Crippen MR) is 81.6 cm³/mol. The number of nitrogens with one attached hydrogen (secondary N) is 3. The molecule has 3 heterocycles. The Morgan fingerprint density at radius 1 is 1.22 bits per heavy atom. The molecule has 3 saturated heterocycles. The lowest BCUT2D eigenvalue weighted by Crippen LogP contribution is -2.36. The van der Waals surface area contributed by atoms with E-state index >= 15 is 0 Å². The average Bonchev–Trinajstić information content (AvgIpc) is 3.11. The van der Waals surface area contributed by atoms with Crippen LogP contribution in [0.25, 0.3) is 0 Å². The number of urea groups is 1. The number of fused-ring (bicyclic) bond motifs is 1. The fourth-order valence-electron chi connectivity index (χ4n) is 3.10. The fourth-order valence-corrected chi connectivity index (χ4v) is 4.64. The molecule has 23 heavy (non-hydrogen) atoms. The van der Waals surface area contributed by atoms with Crippen LogP contribution in [0.3, 0.4) is 0 Å². The van der Waals surface area contributed by atoms with Gasteiger partial charge in [0.25, 0.3) is 5.91 Å². The molecule has 0 bridgehead atoms. The molecule has 0 aromatic carbocycles. The molecule has 3 fully saturated rings. The standard InChI is InChI=1S/C14H19N3O5S/c18-10-5-8(13(20)16-10)22-11(19)4-2-1-3-9-12-7(6-23-9)15-14(21)17-12/h7-9,12H,1-6H2,(H2,15,17,21)(H,16,18,20)/t7-,8?,9-,12-/m0/s1. The van der Waals surface area contributed by atoms with Crippen molar-refractivity contribution in [2.75, 3.05) is 5.75 Å². The van der Waals surface area contributed by atoms with E-state index in [0.29, 0.717) is 11.7 Å². The molecule has 1 unspecified atom stereocenters. The van der Waals surface area contributed by atoms with Crippen LogP contribution in [0, 0.1) is 0 Å². The first-order valence-corrected chi connectivity index (χ1v) is 8.79. The summed E-state index contributed by atoms with van der Waals surface area (Å²) < 4.78 is 5.01. The summed E-state index contributed by atoms with van der Waals surface area (Å²) in [5.41, 5.74) is 0. The van der Waals surface area contributed by atoms with E-state index in [1.165, 1.54) is 0 Å². The van der Waals surface area contributed by atoms with Gasteiger partial charge in [-0.2, -0.15) is 11.8 Å². The van der Waals surface area contributed by atoms with Crippen LogP contribution in [0.2, 0.25) is 0 Å². The van der Waals surface area contributed by atoms with E-state index < -0.39 is 23.9 Å². The van der Waals surface area contributed by atoms with Crippen molar-refractivity contribution >= 4 is 35.6 Å². The predicted octanol–water partition coefficient (Wildman–Crippen LogP) is -0.329. The van der Waals surface area contributed by atoms with Gasteiger partial charge in [0, 0.05) is 17.4 Å². The highest BCUT2D eigenvalue weighted by Crippen LogP contribution is 2.33. The molecular weight excluding hydrogens is 322 g/mol. The van der Waals surface area contributed by atoms with Crippen molar-refractivity contribution in [3.63, 3.8) is 0 Å². The highest BCUT2D eigenvalue weighted by molar-refractivity contribution is 8.00. The molecule has 0 saturated carbocycles. The van der Waals surface area contributed by atoms with Crippen LogP contribution in [-0.4, -0.2) is 53.0 Å². The van der Waals surface area contributed by atoms with E-state index in [-0.39, 0.29) is 31.0 Å². The minimum atomic E-state index is -0.971. The summed E-state index contributed by atoms with van der Waals surface area (Å²) in [6.45, 7) is 0. The first-order chi connectivity index (χ1) is 11.0. The second-order valence-electron chi connectivity index (χ2n) is 5.96. The van der Waals surface area contributed by atoms with Crippen molar-refractivity contribution in [3.8, 4) is 0 Å². The number of thioether (sulfide) groups is 1. The third-order valence-corrected chi connectivity index (χ3v) is 5.77. The largest absolute Gasteiger partial charge is 0.452 e. The molecule has 0 aromatic heterocycles. The average molecular weight is 341 g/mol. The molecule has 3 rings (SSSR count). The molecule has 4 amide bonds. The smallest absolute Gasteiger partial charge is 0.315 e. The molecule has 9 heteroatoms. The van der Waals surface area contributed by atoms with E-state index in [9.17, 15) is 19.2 Å². The number of unbranched alkanes of at least 4 members (excludes halogenated alkanes) is 1. The lowest BCUT2D eigenvalue weighted by atomic mass is 10.0. The maximum atomic E-state index is 11.7. The first kappa shape index (κ1) is 16.1. The van der Waals surface area contributed by atoms with Crippen LogP contribution < -0.4 is 16.0 Å². The first-order valence-electron chi connectivity index (χ1n) is 7.75. The number of imide groups is 1. The zero-order chi connectivity index (χ0) is 16.4. The van der Waals surface area contributed by atoms with Gasteiger partial charge in [0.05, 0.1) is 18.5 Å². The zero-order valence-electron chi connectivity index (χ0n) is 12.5. The van der Waals surface area contributed by atoms with E-state index in [1.54, 1.807) is 0 Å². The van der Waals surface area contributed by atoms with E-state index in [1.807, 2.05) is 11.8 Å². The van der Waals surface area contributed by atoms with E-state index in [4.69, 9.17) is 4.74 Å². The third-order valence-electron chi connectivity index (χ3n) is 4.26. The summed E-state index contributed by atoms with van der Waals surface area (Å²) in [4.78, 5) is 45.3. The second-order valence-corrected chi connectivity index (χ2v) is 7.23. The summed E-state index contributed by atoms with van der Waals surface area (Å²) in [6, 6.07) is 0.284. The SMILES string of the molecule is O=C1CC(OC(=O)CCCC[C@@H]2SC[C@@H]3NC(=O)N[C@@H]32)C(=O)N1. The Labute approximate surface area is 137 Å². The molecule has 0 aliphatic carbocycles.